The van der Waals surface area contributed by atoms with Crippen LogP contribution in [0.1, 0.15) is 97.7 Å². The molecule has 0 saturated heterocycles. The fraction of sp³-hybridized carbons (Fsp3) is 0.667. The molecule has 0 saturated carbocycles. The highest BCUT2D eigenvalue weighted by Crippen LogP contribution is 2.26. The first kappa shape index (κ1) is 33.9. The number of benzene rings is 1. The van der Waals surface area contributed by atoms with Crippen LogP contribution >= 0.6 is 0 Å². The quantitative estimate of drug-likeness (QED) is 0.234. The van der Waals surface area contributed by atoms with E-state index in [0.29, 0.717) is 24.9 Å². The van der Waals surface area contributed by atoms with E-state index in [9.17, 15) is 19.2 Å². The minimum Gasteiger partial charge on any atom is -0.466 e. The van der Waals surface area contributed by atoms with Gasteiger partial charge in [0, 0.05) is 13.1 Å². The normalized spacial score (nSPS) is 13.5. The molecule has 39 heavy (non-hydrogen) atoms. The molecule has 3 unspecified atom stereocenters. The largest absolute Gasteiger partial charge is 0.466 e. The maximum Gasteiger partial charge on any atom is 0.408 e. The minimum absolute atomic E-state index is 0.0275. The van der Waals surface area contributed by atoms with Crippen molar-refractivity contribution < 1.29 is 28.7 Å². The third kappa shape index (κ3) is 12.1. The Hall–Kier alpha value is -3.10. The van der Waals surface area contributed by atoms with E-state index in [1.165, 1.54) is 0 Å². The summed E-state index contributed by atoms with van der Waals surface area (Å²) in [7, 11) is 0. The minimum atomic E-state index is -0.941. The summed E-state index contributed by atoms with van der Waals surface area (Å²) in [5.74, 6) is -1.35. The van der Waals surface area contributed by atoms with Crippen LogP contribution in [0.15, 0.2) is 24.3 Å². The molecule has 1 rings (SSSR count). The van der Waals surface area contributed by atoms with Crippen molar-refractivity contribution in [1.82, 2.24) is 15.5 Å². The van der Waals surface area contributed by atoms with Gasteiger partial charge in [0.1, 0.15) is 17.7 Å². The van der Waals surface area contributed by atoms with Crippen LogP contribution in [0, 0.1) is 12.8 Å². The third-order valence-corrected chi connectivity index (χ3v) is 6.32. The summed E-state index contributed by atoms with van der Waals surface area (Å²) in [6, 6.07) is 5.65. The van der Waals surface area contributed by atoms with Crippen molar-refractivity contribution in [1.29, 1.82) is 0 Å². The van der Waals surface area contributed by atoms with Gasteiger partial charge in [-0.2, -0.15) is 0 Å². The summed E-state index contributed by atoms with van der Waals surface area (Å²) in [5.41, 5.74) is 0.949. The van der Waals surface area contributed by atoms with Crippen LogP contribution in [0.4, 0.5) is 4.79 Å². The van der Waals surface area contributed by atoms with Gasteiger partial charge in [-0.05, 0) is 52.5 Å². The summed E-state index contributed by atoms with van der Waals surface area (Å²) in [6.45, 7) is 15.6. The predicted molar refractivity (Wildman–Crippen MR) is 152 cm³/mol. The average molecular weight is 548 g/mol. The first-order valence-electron chi connectivity index (χ1n) is 14.1. The Balaban J connectivity index is 3.43. The fourth-order valence-electron chi connectivity index (χ4n) is 4.03. The molecule has 0 spiro atoms. The van der Waals surface area contributed by atoms with E-state index >= 15 is 0 Å². The fourth-order valence-corrected chi connectivity index (χ4v) is 4.03. The highest BCUT2D eigenvalue weighted by Gasteiger charge is 2.37. The second-order valence-electron chi connectivity index (χ2n) is 10.9. The summed E-state index contributed by atoms with van der Waals surface area (Å²) < 4.78 is 10.4. The Kier molecular flexibility index (Phi) is 14.6. The van der Waals surface area contributed by atoms with Gasteiger partial charge in [-0.3, -0.25) is 14.4 Å². The number of aryl methyl sites for hydroxylation is 1. The number of rotatable bonds is 15. The predicted octanol–water partition coefficient (Wildman–Crippen LogP) is 5.06. The number of carbonyl (C=O) groups excluding carboxylic acids is 4. The Labute approximate surface area is 234 Å². The summed E-state index contributed by atoms with van der Waals surface area (Å²) in [4.78, 5) is 54.0. The van der Waals surface area contributed by atoms with Gasteiger partial charge >= 0.3 is 12.1 Å². The molecular formula is C30H49N3O6. The first-order chi connectivity index (χ1) is 18.3. The molecule has 3 amide bonds. The highest BCUT2D eigenvalue weighted by molar-refractivity contribution is 5.92. The van der Waals surface area contributed by atoms with Gasteiger partial charge < -0.3 is 25.0 Å². The molecule has 0 heterocycles. The van der Waals surface area contributed by atoms with Crippen molar-refractivity contribution in [2.75, 3.05) is 19.7 Å². The maximum absolute atomic E-state index is 14.2. The molecule has 0 bridgehead atoms. The molecule has 0 aliphatic rings. The van der Waals surface area contributed by atoms with Crippen molar-refractivity contribution in [2.24, 2.45) is 5.92 Å². The van der Waals surface area contributed by atoms with Crippen molar-refractivity contribution >= 4 is 23.9 Å². The van der Waals surface area contributed by atoms with Gasteiger partial charge in [0.2, 0.25) is 11.8 Å². The van der Waals surface area contributed by atoms with Crippen LogP contribution in [0.25, 0.3) is 0 Å². The molecule has 2 N–H and O–H groups in total. The van der Waals surface area contributed by atoms with Gasteiger partial charge in [0.25, 0.3) is 0 Å². The molecule has 220 valence electrons. The van der Waals surface area contributed by atoms with Crippen LogP contribution in [-0.2, 0) is 23.9 Å². The van der Waals surface area contributed by atoms with Crippen LogP contribution in [0.3, 0.4) is 0 Å². The lowest BCUT2D eigenvalue weighted by Gasteiger charge is -2.36. The number of unbranched alkanes of at least 4 members (excludes halogenated alkanes) is 2. The second-order valence-corrected chi connectivity index (χ2v) is 10.9. The number of esters is 1. The van der Waals surface area contributed by atoms with Crippen LogP contribution in [0.2, 0.25) is 0 Å². The van der Waals surface area contributed by atoms with Crippen molar-refractivity contribution in [3.8, 4) is 0 Å². The number of ether oxygens (including phenoxy) is 2. The molecule has 0 aromatic heterocycles. The Morgan fingerprint density at radius 2 is 1.64 bits per heavy atom. The molecule has 0 fully saturated rings. The van der Waals surface area contributed by atoms with Gasteiger partial charge in [0.05, 0.1) is 13.0 Å². The lowest BCUT2D eigenvalue weighted by Crippen LogP contribution is -2.55. The van der Waals surface area contributed by atoms with E-state index in [4.69, 9.17) is 9.47 Å². The van der Waals surface area contributed by atoms with E-state index in [1.807, 2.05) is 45.0 Å². The number of nitrogens with one attached hydrogen (secondary N) is 2. The summed E-state index contributed by atoms with van der Waals surface area (Å²) >= 11 is 0. The van der Waals surface area contributed by atoms with Crippen LogP contribution in [-0.4, -0.2) is 60.1 Å². The number of alkyl carbamates (subject to hydrolysis) is 1. The lowest BCUT2D eigenvalue weighted by molar-refractivity contribution is -0.145. The van der Waals surface area contributed by atoms with Gasteiger partial charge in [-0.1, -0.05) is 69.9 Å². The van der Waals surface area contributed by atoms with E-state index in [0.717, 1.165) is 18.4 Å². The van der Waals surface area contributed by atoms with E-state index in [2.05, 4.69) is 17.6 Å². The SMILES string of the molecule is CCCCCN(C(=O)C(NC(=O)OC(C)(C)C)C(C)CC)C(C(=O)NCCC(=O)OCC)c1ccc(C)cc1. The number of amides is 3. The molecule has 0 aliphatic heterocycles. The molecular weight excluding hydrogens is 498 g/mol. The number of hydrogen-bond donors (Lipinski definition) is 2. The van der Waals surface area contributed by atoms with Crippen molar-refractivity contribution in [3.05, 3.63) is 35.4 Å². The van der Waals surface area contributed by atoms with Crippen LogP contribution < -0.4 is 10.6 Å². The summed E-state index contributed by atoms with van der Waals surface area (Å²) in [5, 5.41) is 5.60. The molecule has 0 radical (unpaired) electrons. The number of nitrogens with zero attached hydrogens (tertiary/aromatic N) is 1. The molecule has 3 atom stereocenters. The Morgan fingerprint density at radius 3 is 2.18 bits per heavy atom. The highest BCUT2D eigenvalue weighted by atomic mass is 16.6. The van der Waals surface area contributed by atoms with Gasteiger partial charge in [0.15, 0.2) is 0 Å². The number of carbonyl (C=O) groups is 4. The molecule has 1 aromatic carbocycles. The van der Waals surface area contributed by atoms with Crippen molar-refractivity contribution in [2.45, 2.75) is 105 Å². The zero-order chi connectivity index (χ0) is 29.6. The zero-order valence-electron chi connectivity index (χ0n) is 25.1. The zero-order valence-corrected chi connectivity index (χ0v) is 25.1. The topological polar surface area (TPSA) is 114 Å². The second kappa shape index (κ2) is 16.8. The van der Waals surface area contributed by atoms with Gasteiger partial charge in [-0.25, -0.2) is 4.79 Å². The first-order valence-corrected chi connectivity index (χ1v) is 14.1. The monoisotopic (exact) mass is 547 g/mol. The smallest absolute Gasteiger partial charge is 0.408 e. The van der Waals surface area contributed by atoms with E-state index < -0.39 is 35.7 Å². The van der Waals surface area contributed by atoms with E-state index in [1.54, 1.807) is 32.6 Å². The molecule has 9 heteroatoms. The summed E-state index contributed by atoms with van der Waals surface area (Å²) in [6.07, 6.45) is 2.49. The average Bonchev–Trinajstić information content (AvgIpc) is 2.86. The van der Waals surface area contributed by atoms with Crippen molar-refractivity contribution in [3.63, 3.8) is 0 Å². The molecule has 9 nitrogen and oxygen atoms in total. The standard InChI is InChI=1S/C30H49N3O6/c1-9-12-13-20-33(28(36)25(22(5)10-2)32-29(37)39-30(6,7)8)26(23-16-14-21(4)15-17-23)27(35)31-19-18-24(34)38-11-3/h14-17,22,25-26H,9-13,18-20H2,1-8H3,(H,31,35)(H,32,37). The Bertz CT molecular complexity index is 926. The number of hydrogen-bond acceptors (Lipinski definition) is 6. The molecule has 1 aromatic rings. The Morgan fingerprint density at radius 1 is 1.00 bits per heavy atom. The van der Waals surface area contributed by atoms with Crippen LogP contribution in [0.5, 0.6) is 0 Å². The van der Waals surface area contributed by atoms with Gasteiger partial charge in [-0.15, -0.1) is 0 Å². The maximum atomic E-state index is 14.2. The molecule has 0 aliphatic carbocycles. The van der Waals surface area contributed by atoms with E-state index in [-0.39, 0.29) is 31.4 Å². The third-order valence-electron chi connectivity index (χ3n) is 6.32. The lowest BCUT2D eigenvalue weighted by atomic mass is 9.95.